The Morgan fingerprint density at radius 3 is 2.94 bits per heavy atom. The van der Waals surface area contributed by atoms with Crippen LogP contribution in [0.2, 0.25) is 0 Å². The van der Waals surface area contributed by atoms with Gasteiger partial charge in [0.05, 0.1) is 16.1 Å². The van der Waals surface area contributed by atoms with Gasteiger partial charge in [-0.25, -0.2) is 9.97 Å². The predicted octanol–water partition coefficient (Wildman–Crippen LogP) is 3.34. The highest BCUT2D eigenvalue weighted by Gasteiger charge is 2.11. The molecule has 6 heteroatoms. The number of aryl methyl sites for hydroxylation is 1. The highest BCUT2D eigenvalue weighted by Crippen LogP contribution is 2.32. The van der Waals surface area contributed by atoms with Gasteiger partial charge in [0.1, 0.15) is 5.82 Å². The van der Waals surface area contributed by atoms with Crippen LogP contribution >= 0.6 is 27.3 Å². The first-order valence-electron chi connectivity index (χ1n) is 5.01. The first kappa shape index (κ1) is 10.7. The number of rotatable bonds is 1. The van der Waals surface area contributed by atoms with Crippen LogP contribution in [0.25, 0.3) is 22.6 Å². The van der Waals surface area contributed by atoms with E-state index in [1.54, 1.807) is 17.5 Å². The Bertz CT molecular complexity index is 701. The molecule has 0 spiro atoms. The number of fused-ring (bicyclic) bond motifs is 1. The zero-order chi connectivity index (χ0) is 12.0. The monoisotopic (exact) mass is 308 g/mol. The van der Waals surface area contributed by atoms with Gasteiger partial charge in [-0.15, -0.1) is 11.3 Å². The van der Waals surface area contributed by atoms with Crippen LogP contribution in [0, 0.1) is 6.92 Å². The van der Waals surface area contributed by atoms with Gasteiger partial charge in [-0.1, -0.05) is 0 Å². The summed E-state index contributed by atoms with van der Waals surface area (Å²) >= 11 is 4.95. The molecule has 0 atom stereocenters. The lowest BCUT2D eigenvalue weighted by Crippen LogP contribution is -1.84. The number of nitrogens with one attached hydrogen (secondary N) is 1. The molecule has 4 nitrogen and oxygen atoms in total. The van der Waals surface area contributed by atoms with Crippen molar-refractivity contribution in [2.45, 2.75) is 6.92 Å². The van der Waals surface area contributed by atoms with Gasteiger partial charge in [0.15, 0.2) is 5.65 Å². The summed E-state index contributed by atoms with van der Waals surface area (Å²) in [6, 6.07) is 3.99. The van der Waals surface area contributed by atoms with Crippen LogP contribution in [-0.4, -0.2) is 15.0 Å². The number of hydrogen-bond donors (Lipinski definition) is 2. The third kappa shape index (κ3) is 1.83. The van der Waals surface area contributed by atoms with Crippen molar-refractivity contribution < 1.29 is 0 Å². The lowest BCUT2D eigenvalue weighted by molar-refractivity contribution is 1.30. The van der Waals surface area contributed by atoms with Crippen molar-refractivity contribution in [1.82, 2.24) is 15.0 Å². The van der Waals surface area contributed by atoms with Crippen molar-refractivity contribution in [3.63, 3.8) is 0 Å². The molecule has 3 rings (SSSR count). The first-order valence-corrected chi connectivity index (χ1v) is 6.62. The molecule has 0 aliphatic carbocycles. The van der Waals surface area contributed by atoms with E-state index in [1.807, 2.05) is 19.1 Å². The van der Waals surface area contributed by atoms with Gasteiger partial charge in [0, 0.05) is 15.5 Å². The van der Waals surface area contributed by atoms with Crippen molar-refractivity contribution in [1.29, 1.82) is 0 Å². The van der Waals surface area contributed by atoms with Crippen LogP contribution in [0.5, 0.6) is 0 Å². The Morgan fingerprint density at radius 2 is 2.24 bits per heavy atom. The Hall–Kier alpha value is -1.40. The number of pyridine rings is 1. The fourth-order valence-corrected chi connectivity index (χ4v) is 2.84. The topological polar surface area (TPSA) is 67.6 Å². The normalized spacial score (nSPS) is 11.2. The molecule has 3 aromatic heterocycles. The lowest BCUT2D eigenvalue weighted by atomic mass is 10.3. The maximum atomic E-state index is 5.95. The number of aromatic amines is 1. The molecule has 0 amide bonds. The second-order valence-electron chi connectivity index (χ2n) is 3.75. The number of nitrogens with two attached hydrogens (primary N) is 1. The van der Waals surface area contributed by atoms with E-state index in [0.717, 1.165) is 26.4 Å². The maximum absolute atomic E-state index is 5.95. The number of halogens is 1. The van der Waals surface area contributed by atoms with Crippen molar-refractivity contribution in [3.05, 3.63) is 27.7 Å². The molecule has 17 heavy (non-hydrogen) atoms. The van der Waals surface area contributed by atoms with Gasteiger partial charge >= 0.3 is 0 Å². The molecule has 0 saturated carbocycles. The molecule has 0 radical (unpaired) electrons. The van der Waals surface area contributed by atoms with Crippen LogP contribution < -0.4 is 5.73 Å². The van der Waals surface area contributed by atoms with E-state index >= 15 is 0 Å². The molecule has 3 heterocycles. The summed E-state index contributed by atoms with van der Waals surface area (Å²) in [7, 11) is 0. The van der Waals surface area contributed by atoms with Crippen molar-refractivity contribution >= 4 is 43.4 Å². The first-order chi connectivity index (χ1) is 8.13. The minimum atomic E-state index is 0.700. The van der Waals surface area contributed by atoms with E-state index in [2.05, 4.69) is 30.9 Å². The Morgan fingerprint density at radius 1 is 1.41 bits per heavy atom. The molecular weight excluding hydrogens is 300 g/mol. The summed E-state index contributed by atoms with van der Waals surface area (Å²) in [5.74, 6) is 0.771. The number of imidazole rings is 1. The van der Waals surface area contributed by atoms with E-state index in [1.165, 1.54) is 4.88 Å². The fourth-order valence-electron chi connectivity index (χ4n) is 1.72. The Balaban J connectivity index is 2.21. The third-order valence-corrected chi connectivity index (χ3v) is 3.76. The summed E-state index contributed by atoms with van der Waals surface area (Å²) in [4.78, 5) is 13.1. The van der Waals surface area contributed by atoms with E-state index in [0.29, 0.717) is 5.65 Å². The van der Waals surface area contributed by atoms with Gasteiger partial charge in [-0.3, -0.25) is 0 Å². The average Bonchev–Trinajstić information content (AvgIpc) is 2.80. The van der Waals surface area contributed by atoms with Crippen molar-refractivity contribution in [2.24, 2.45) is 0 Å². The molecule has 0 unspecified atom stereocenters. The summed E-state index contributed by atoms with van der Waals surface area (Å²) < 4.78 is 0.926. The van der Waals surface area contributed by atoms with Crippen LogP contribution in [-0.2, 0) is 0 Å². The van der Waals surface area contributed by atoms with Gasteiger partial charge in [-0.2, -0.15) is 0 Å². The van der Waals surface area contributed by atoms with Crippen LogP contribution in [0.15, 0.2) is 22.8 Å². The minimum Gasteiger partial charge on any atom is -0.390 e. The quantitative estimate of drug-likeness (QED) is 0.724. The fraction of sp³-hybridized carbons (Fsp3) is 0.0909. The molecular formula is C11H9BrN4S. The Kier molecular flexibility index (Phi) is 2.41. The van der Waals surface area contributed by atoms with Gasteiger partial charge in [0.2, 0.25) is 0 Å². The smallest absolute Gasteiger partial charge is 0.178 e. The van der Waals surface area contributed by atoms with Crippen molar-refractivity contribution in [3.8, 4) is 11.4 Å². The van der Waals surface area contributed by atoms with E-state index < -0.39 is 0 Å². The van der Waals surface area contributed by atoms with Gasteiger partial charge in [-0.05, 0) is 35.0 Å². The number of hydrogen-bond acceptors (Lipinski definition) is 4. The van der Waals surface area contributed by atoms with Crippen LogP contribution in [0.1, 0.15) is 4.88 Å². The highest BCUT2D eigenvalue weighted by molar-refractivity contribution is 9.10. The average molecular weight is 309 g/mol. The number of anilines is 1. The molecule has 0 aliphatic heterocycles. The van der Waals surface area contributed by atoms with Crippen molar-refractivity contribution in [2.75, 3.05) is 5.73 Å². The molecule has 0 aromatic carbocycles. The zero-order valence-corrected chi connectivity index (χ0v) is 11.4. The number of nitrogens with zero attached hydrogens (tertiary/aromatic N) is 2. The van der Waals surface area contributed by atoms with Gasteiger partial charge < -0.3 is 10.7 Å². The van der Waals surface area contributed by atoms with Gasteiger partial charge in [0.25, 0.3) is 0 Å². The minimum absolute atomic E-state index is 0.700. The second-order valence-corrected chi connectivity index (χ2v) is 5.95. The predicted molar refractivity (Wildman–Crippen MR) is 74.1 cm³/mol. The molecule has 0 aliphatic rings. The zero-order valence-electron chi connectivity index (χ0n) is 8.99. The van der Waals surface area contributed by atoms with Crippen LogP contribution in [0.4, 0.5) is 5.00 Å². The molecule has 3 N–H and O–H groups in total. The summed E-state index contributed by atoms with van der Waals surface area (Å²) in [5.41, 5.74) is 8.50. The lowest BCUT2D eigenvalue weighted by Gasteiger charge is -1.91. The maximum Gasteiger partial charge on any atom is 0.178 e. The number of thiophene rings is 1. The Labute approximate surface area is 110 Å². The third-order valence-electron chi connectivity index (χ3n) is 2.44. The molecule has 0 bridgehead atoms. The van der Waals surface area contributed by atoms with E-state index in [9.17, 15) is 0 Å². The van der Waals surface area contributed by atoms with E-state index in [4.69, 9.17) is 5.73 Å². The van der Waals surface area contributed by atoms with E-state index in [-0.39, 0.29) is 0 Å². The summed E-state index contributed by atoms with van der Waals surface area (Å²) in [6.45, 7) is 2.03. The number of H-pyrrole nitrogens is 1. The second kappa shape index (κ2) is 3.82. The number of aromatic nitrogens is 3. The largest absolute Gasteiger partial charge is 0.390 e. The molecule has 86 valence electrons. The molecule has 3 aromatic rings. The standard InChI is InChI=1S/C11H9BrN4S/c1-5-2-7(9(13)17-5)10-15-8-3-6(12)4-14-11(8)16-10/h2-4H,13H2,1H3,(H,14,15,16). The molecule has 0 fully saturated rings. The van der Waals surface area contributed by atoms with Crippen LogP contribution in [0.3, 0.4) is 0 Å². The molecule has 0 saturated heterocycles. The number of nitrogen functional groups attached to an aromatic ring is 1. The summed E-state index contributed by atoms with van der Waals surface area (Å²) in [5, 5.41) is 0.778. The SMILES string of the molecule is Cc1cc(-c2nc3ncc(Br)cc3[nH]2)c(N)s1. The summed E-state index contributed by atoms with van der Waals surface area (Å²) in [6.07, 6.45) is 1.73. The highest BCUT2D eigenvalue weighted by atomic mass is 79.9.